The predicted molar refractivity (Wildman–Crippen MR) is 75.6 cm³/mol. The lowest BCUT2D eigenvalue weighted by Gasteiger charge is -2.17. The van der Waals surface area contributed by atoms with E-state index in [0.29, 0.717) is 17.7 Å². The molecule has 0 unspecified atom stereocenters. The molecule has 6 heteroatoms. The topological polar surface area (TPSA) is 80.1 Å². The number of anilines is 2. The highest BCUT2D eigenvalue weighted by Crippen LogP contribution is 2.27. The van der Waals surface area contributed by atoms with Crippen LogP contribution in [0.25, 0.3) is 0 Å². The van der Waals surface area contributed by atoms with E-state index in [1.807, 2.05) is 0 Å². The van der Waals surface area contributed by atoms with E-state index in [1.54, 1.807) is 13.1 Å². The molecule has 0 amide bonds. The van der Waals surface area contributed by atoms with Gasteiger partial charge in [0, 0.05) is 19.2 Å². The molecule has 0 aliphatic heterocycles. The minimum absolute atomic E-state index is 0.0447. The zero-order valence-corrected chi connectivity index (χ0v) is 11.2. The van der Waals surface area contributed by atoms with Crippen LogP contribution in [0.3, 0.4) is 0 Å². The van der Waals surface area contributed by atoms with Crippen LogP contribution in [0.2, 0.25) is 0 Å². The van der Waals surface area contributed by atoms with Crippen molar-refractivity contribution in [1.29, 1.82) is 0 Å². The minimum atomic E-state index is -0.383. The van der Waals surface area contributed by atoms with Crippen molar-refractivity contribution >= 4 is 17.3 Å². The summed E-state index contributed by atoms with van der Waals surface area (Å²) in [6, 6.07) is 3.41. The fraction of sp³-hybridized carbons (Fsp3) is 0.615. The molecular weight excluding hydrogens is 244 g/mol. The van der Waals surface area contributed by atoms with Crippen LogP contribution in [0.1, 0.15) is 38.5 Å². The number of nitro groups is 1. The molecule has 1 saturated carbocycles. The van der Waals surface area contributed by atoms with Crippen LogP contribution in [-0.2, 0) is 0 Å². The summed E-state index contributed by atoms with van der Waals surface area (Å²) in [6.45, 7) is 0. The lowest BCUT2D eigenvalue weighted by atomic mass is 10.1. The van der Waals surface area contributed by atoms with Gasteiger partial charge in [0.1, 0.15) is 5.82 Å². The summed E-state index contributed by atoms with van der Waals surface area (Å²) in [5.41, 5.74) is 0.0447. The standard InChI is InChI=1S/C13H20N4O2/c1-14-12-9-8-11(17(18)19)13(16-12)15-10-6-4-2-3-5-7-10/h8-10H,2-7H2,1H3,(H2,14,15,16). The molecule has 0 bridgehead atoms. The van der Waals surface area contributed by atoms with Crippen molar-refractivity contribution in [3.05, 3.63) is 22.2 Å². The number of nitrogens with one attached hydrogen (secondary N) is 2. The van der Waals surface area contributed by atoms with Gasteiger partial charge in [-0.15, -0.1) is 0 Å². The van der Waals surface area contributed by atoms with Gasteiger partial charge in [0.2, 0.25) is 5.82 Å². The lowest BCUT2D eigenvalue weighted by Crippen LogP contribution is -2.20. The molecule has 1 fully saturated rings. The molecule has 0 saturated heterocycles. The number of nitrogens with zero attached hydrogens (tertiary/aromatic N) is 2. The van der Waals surface area contributed by atoms with Crippen molar-refractivity contribution in [2.45, 2.75) is 44.6 Å². The Morgan fingerprint density at radius 2 is 1.95 bits per heavy atom. The average molecular weight is 264 g/mol. The lowest BCUT2D eigenvalue weighted by molar-refractivity contribution is -0.384. The molecule has 1 aliphatic rings. The smallest absolute Gasteiger partial charge is 0.311 e. The van der Waals surface area contributed by atoms with E-state index >= 15 is 0 Å². The summed E-state index contributed by atoms with van der Waals surface area (Å²) in [6.07, 6.45) is 6.98. The molecule has 2 rings (SSSR count). The monoisotopic (exact) mass is 264 g/mol. The van der Waals surface area contributed by atoms with Crippen molar-refractivity contribution in [1.82, 2.24) is 4.98 Å². The molecule has 19 heavy (non-hydrogen) atoms. The molecule has 1 heterocycles. The molecule has 0 radical (unpaired) electrons. The molecule has 6 nitrogen and oxygen atoms in total. The predicted octanol–water partition coefficient (Wildman–Crippen LogP) is 3.17. The molecule has 0 atom stereocenters. The third-order valence-electron chi connectivity index (χ3n) is 3.52. The minimum Gasteiger partial charge on any atom is -0.373 e. The molecule has 0 aromatic carbocycles. The van der Waals surface area contributed by atoms with Gasteiger partial charge in [0.15, 0.2) is 0 Å². The van der Waals surface area contributed by atoms with Crippen molar-refractivity contribution in [2.24, 2.45) is 0 Å². The summed E-state index contributed by atoms with van der Waals surface area (Å²) >= 11 is 0. The van der Waals surface area contributed by atoms with Crippen molar-refractivity contribution in [3.8, 4) is 0 Å². The Morgan fingerprint density at radius 3 is 2.53 bits per heavy atom. The van der Waals surface area contributed by atoms with E-state index in [4.69, 9.17) is 0 Å². The first kappa shape index (κ1) is 13.6. The number of hydrogen-bond acceptors (Lipinski definition) is 5. The Kier molecular flexibility index (Phi) is 4.54. The first-order valence-electron chi connectivity index (χ1n) is 6.80. The summed E-state index contributed by atoms with van der Waals surface area (Å²) in [5, 5.41) is 17.2. The van der Waals surface area contributed by atoms with Crippen LogP contribution in [0.4, 0.5) is 17.3 Å². The Bertz CT molecular complexity index is 442. The van der Waals surface area contributed by atoms with Gasteiger partial charge in [-0.25, -0.2) is 4.98 Å². The van der Waals surface area contributed by atoms with Gasteiger partial charge in [-0.1, -0.05) is 25.7 Å². The number of aromatic nitrogens is 1. The van der Waals surface area contributed by atoms with E-state index in [2.05, 4.69) is 15.6 Å². The maximum absolute atomic E-state index is 11.0. The fourth-order valence-electron chi connectivity index (χ4n) is 2.46. The van der Waals surface area contributed by atoms with Gasteiger partial charge < -0.3 is 10.6 Å². The van der Waals surface area contributed by atoms with Gasteiger partial charge in [-0.3, -0.25) is 10.1 Å². The normalized spacial score (nSPS) is 16.7. The SMILES string of the molecule is CNc1ccc([N+](=O)[O-])c(NC2CCCCCC2)n1. The summed E-state index contributed by atoms with van der Waals surface area (Å²) in [7, 11) is 1.75. The summed E-state index contributed by atoms with van der Waals surface area (Å²) in [4.78, 5) is 14.9. The largest absolute Gasteiger partial charge is 0.373 e. The van der Waals surface area contributed by atoms with Crippen LogP contribution < -0.4 is 10.6 Å². The number of pyridine rings is 1. The fourth-order valence-corrected chi connectivity index (χ4v) is 2.46. The Hall–Kier alpha value is -1.85. The second kappa shape index (κ2) is 6.36. The maximum atomic E-state index is 11.0. The molecular formula is C13H20N4O2. The Morgan fingerprint density at radius 1 is 1.26 bits per heavy atom. The molecule has 1 aromatic heterocycles. The highest BCUT2D eigenvalue weighted by atomic mass is 16.6. The third kappa shape index (κ3) is 3.56. The number of rotatable bonds is 4. The first-order chi connectivity index (χ1) is 9.20. The van der Waals surface area contributed by atoms with Crippen LogP contribution in [0.5, 0.6) is 0 Å². The quantitative estimate of drug-likeness (QED) is 0.496. The van der Waals surface area contributed by atoms with Crippen LogP contribution >= 0.6 is 0 Å². The van der Waals surface area contributed by atoms with Gasteiger partial charge in [-0.05, 0) is 18.9 Å². The van der Waals surface area contributed by atoms with Crippen LogP contribution in [-0.4, -0.2) is 23.0 Å². The van der Waals surface area contributed by atoms with Crippen molar-refractivity contribution in [3.63, 3.8) is 0 Å². The van der Waals surface area contributed by atoms with E-state index in [-0.39, 0.29) is 10.6 Å². The zero-order chi connectivity index (χ0) is 13.7. The van der Waals surface area contributed by atoms with E-state index in [1.165, 1.54) is 31.7 Å². The summed E-state index contributed by atoms with van der Waals surface area (Å²) in [5.74, 6) is 1.02. The van der Waals surface area contributed by atoms with E-state index in [9.17, 15) is 10.1 Å². The Labute approximate surface area is 112 Å². The second-order valence-electron chi connectivity index (χ2n) is 4.90. The zero-order valence-electron chi connectivity index (χ0n) is 11.2. The van der Waals surface area contributed by atoms with Crippen LogP contribution in [0.15, 0.2) is 12.1 Å². The first-order valence-corrected chi connectivity index (χ1v) is 6.80. The third-order valence-corrected chi connectivity index (χ3v) is 3.52. The van der Waals surface area contributed by atoms with E-state index < -0.39 is 0 Å². The second-order valence-corrected chi connectivity index (χ2v) is 4.90. The van der Waals surface area contributed by atoms with E-state index in [0.717, 1.165) is 12.8 Å². The van der Waals surface area contributed by atoms with Gasteiger partial charge in [-0.2, -0.15) is 0 Å². The van der Waals surface area contributed by atoms with Crippen molar-refractivity contribution in [2.75, 3.05) is 17.7 Å². The molecule has 1 aliphatic carbocycles. The molecule has 0 spiro atoms. The highest BCUT2D eigenvalue weighted by molar-refractivity contribution is 5.60. The van der Waals surface area contributed by atoms with Crippen LogP contribution in [0, 0.1) is 10.1 Å². The molecule has 104 valence electrons. The van der Waals surface area contributed by atoms with Gasteiger partial charge in [0.05, 0.1) is 4.92 Å². The molecule has 2 N–H and O–H groups in total. The Balaban J connectivity index is 2.18. The summed E-state index contributed by atoms with van der Waals surface area (Å²) < 4.78 is 0. The highest BCUT2D eigenvalue weighted by Gasteiger charge is 2.20. The molecule has 1 aromatic rings. The van der Waals surface area contributed by atoms with Gasteiger partial charge in [0.25, 0.3) is 0 Å². The average Bonchev–Trinajstić information content (AvgIpc) is 2.67. The van der Waals surface area contributed by atoms with Gasteiger partial charge >= 0.3 is 5.69 Å². The maximum Gasteiger partial charge on any atom is 0.311 e. The number of hydrogen-bond donors (Lipinski definition) is 2. The van der Waals surface area contributed by atoms with Crippen molar-refractivity contribution < 1.29 is 4.92 Å².